The highest BCUT2D eigenvalue weighted by Gasteiger charge is 2.41. The van der Waals surface area contributed by atoms with Gasteiger partial charge in [0.05, 0.1) is 34.7 Å². The minimum atomic E-state index is -3.05. The maximum absolute atomic E-state index is 14.3. The number of carbonyl (C=O) groups excluding carboxylic acids is 1. The van der Waals surface area contributed by atoms with Crippen molar-refractivity contribution in [2.45, 2.75) is 82.0 Å². The number of halogens is 3. The average molecular weight is 588 g/mol. The summed E-state index contributed by atoms with van der Waals surface area (Å²) in [5.41, 5.74) is 0.984. The van der Waals surface area contributed by atoms with Crippen LogP contribution in [0, 0.1) is 5.92 Å². The number of methoxy groups -OCH3 is 1. The molecule has 39 heavy (non-hydrogen) atoms. The van der Waals surface area contributed by atoms with Gasteiger partial charge in [0.25, 0.3) is 11.8 Å². The summed E-state index contributed by atoms with van der Waals surface area (Å²) in [7, 11) is -1.59. The number of hydrogen-bond acceptors (Lipinski definition) is 7. The van der Waals surface area contributed by atoms with Gasteiger partial charge in [0.2, 0.25) is 0 Å². The molecular formula is C26H36ClF2N5O4S. The molecule has 13 heteroatoms. The van der Waals surface area contributed by atoms with Crippen LogP contribution in [-0.2, 0) is 16.4 Å². The molecule has 0 bridgehead atoms. The number of aromatic nitrogens is 3. The summed E-state index contributed by atoms with van der Waals surface area (Å²) >= 11 is 6.68. The zero-order valence-electron chi connectivity index (χ0n) is 22.5. The number of carbonyl (C=O) groups is 1. The molecule has 2 aromatic heterocycles. The number of hydrogen-bond donors (Lipinski definition) is 2. The van der Waals surface area contributed by atoms with E-state index in [0.29, 0.717) is 55.8 Å². The fraction of sp³-hybridized carbons (Fsp3) is 0.654. The standard InChI is InChI=1S/C26H36ClF2N5O4S/c1-4-34-24(18-15-30-21(13-19(18)38-2)32-20-7-5-6-12-26(20,28)29)22(27)23(33-34)25(35)31-14-16-8-10-17(11-9-16)39(3,36)37/h13,15-17,20H,4-12,14H2,1-3H3,(H,30,32)(H,31,35)/t16-,17-,20?. The summed E-state index contributed by atoms with van der Waals surface area (Å²) in [5, 5.41) is 9.99. The number of pyridine rings is 1. The largest absolute Gasteiger partial charge is 0.496 e. The van der Waals surface area contributed by atoms with Crippen LogP contribution < -0.4 is 15.4 Å². The summed E-state index contributed by atoms with van der Waals surface area (Å²) in [6, 6.07) is 0.548. The molecule has 1 atom stereocenters. The second kappa shape index (κ2) is 12.0. The highest BCUT2D eigenvalue weighted by Crippen LogP contribution is 2.39. The molecule has 0 saturated heterocycles. The van der Waals surface area contributed by atoms with Crippen molar-refractivity contribution >= 4 is 33.2 Å². The molecule has 2 heterocycles. The van der Waals surface area contributed by atoms with E-state index < -0.39 is 27.7 Å². The van der Waals surface area contributed by atoms with Crippen molar-refractivity contribution in [3.8, 4) is 17.0 Å². The Morgan fingerprint density at radius 2 is 1.95 bits per heavy atom. The van der Waals surface area contributed by atoms with Gasteiger partial charge in [-0.15, -0.1) is 0 Å². The van der Waals surface area contributed by atoms with Crippen molar-refractivity contribution in [2.75, 3.05) is 25.2 Å². The normalized spacial score (nSPS) is 23.3. The first-order valence-electron chi connectivity index (χ1n) is 13.4. The zero-order valence-corrected chi connectivity index (χ0v) is 24.0. The molecule has 0 radical (unpaired) electrons. The van der Waals surface area contributed by atoms with Crippen LogP contribution in [-0.4, -0.2) is 66.2 Å². The molecule has 9 nitrogen and oxygen atoms in total. The first-order valence-corrected chi connectivity index (χ1v) is 15.7. The Morgan fingerprint density at radius 3 is 2.56 bits per heavy atom. The molecule has 2 N–H and O–H groups in total. The van der Waals surface area contributed by atoms with Crippen molar-refractivity contribution in [1.29, 1.82) is 0 Å². The Morgan fingerprint density at radius 1 is 1.23 bits per heavy atom. The molecule has 2 aliphatic carbocycles. The Hall–Kier alpha value is -2.47. The van der Waals surface area contributed by atoms with E-state index >= 15 is 0 Å². The van der Waals surface area contributed by atoms with Crippen LogP contribution >= 0.6 is 11.6 Å². The van der Waals surface area contributed by atoms with Gasteiger partial charge in [0.15, 0.2) is 5.69 Å². The van der Waals surface area contributed by atoms with Gasteiger partial charge in [-0.2, -0.15) is 5.10 Å². The Kier molecular flexibility index (Phi) is 9.05. The van der Waals surface area contributed by atoms with Gasteiger partial charge < -0.3 is 15.4 Å². The lowest BCUT2D eigenvalue weighted by atomic mass is 9.89. The fourth-order valence-corrected chi connectivity index (χ4v) is 6.92. The van der Waals surface area contributed by atoms with Gasteiger partial charge in [0.1, 0.15) is 21.4 Å². The molecule has 0 aromatic carbocycles. The van der Waals surface area contributed by atoms with Gasteiger partial charge in [-0.3, -0.25) is 9.48 Å². The van der Waals surface area contributed by atoms with Crippen LogP contribution in [0.1, 0.15) is 68.8 Å². The maximum Gasteiger partial charge on any atom is 0.273 e. The molecule has 2 aliphatic rings. The number of ether oxygens (including phenoxy) is 1. The number of nitrogens with zero attached hydrogens (tertiary/aromatic N) is 3. The quantitative estimate of drug-likeness (QED) is 0.426. The van der Waals surface area contributed by atoms with E-state index in [9.17, 15) is 22.0 Å². The number of sulfone groups is 1. The summed E-state index contributed by atoms with van der Waals surface area (Å²) in [6.45, 7) is 2.67. The third-order valence-corrected chi connectivity index (χ3v) is 9.83. The summed E-state index contributed by atoms with van der Waals surface area (Å²) in [5.74, 6) is -2.43. The first kappa shape index (κ1) is 29.5. The minimum Gasteiger partial charge on any atom is -0.496 e. The van der Waals surface area contributed by atoms with Gasteiger partial charge in [0, 0.05) is 38.0 Å². The molecule has 2 saturated carbocycles. The molecule has 1 unspecified atom stereocenters. The zero-order chi connectivity index (χ0) is 28.4. The van der Waals surface area contributed by atoms with Gasteiger partial charge in [-0.1, -0.05) is 18.0 Å². The minimum absolute atomic E-state index is 0.0597. The lowest BCUT2D eigenvalue weighted by molar-refractivity contribution is -0.0449. The van der Waals surface area contributed by atoms with Crippen molar-refractivity contribution in [1.82, 2.24) is 20.1 Å². The van der Waals surface area contributed by atoms with Crippen LogP contribution in [0.5, 0.6) is 5.75 Å². The third kappa shape index (κ3) is 6.65. The first-order chi connectivity index (χ1) is 18.4. The predicted octanol–water partition coefficient (Wildman–Crippen LogP) is 4.95. The predicted molar refractivity (Wildman–Crippen MR) is 146 cm³/mol. The summed E-state index contributed by atoms with van der Waals surface area (Å²) < 4.78 is 59.4. The smallest absolute Gasteiger partial charge is 0.273 e. The second-order valence-electron chi connectivity index (χ2n) is 10.5. The third-order valence-electron chi connectivity index (χ3n) is 7.79. The number of anilines is 1. The highest BCUT2D eigenvalue weighted by molar-refractivity contribution is 7.91. The number of amides is 1. The number of nitrogens with one attached hydrogen (secondary N) is 2. The van der Waals surface area contributed by atoms with Gasteiger partial charge >= 0.3 is 0 Å². The van der Waals surface area contributed by atoms with Crippen molar-refractivity contribution < 1.29 is 26.7 Å². The number of alkyl halides is 2. The molecule has 0 aliphatic heterocycles. The fourth-order valence-electron chi connectivity index (χ4n) is 5.47. The van der Waals surface area contributed by atoms with E-state index in [2.05, 4.69) is 20.7 Å². The monoisotopic (exact) mass is 587 g/mol. The summed E-state index contributed by atoms with van der Waals surface area (Å²) in [4.78, 5) is 17.4. The van der Waals surface area contributed by atoms with Crippen molar-refractivity contribution in [3.63, 3.8) is 0 Å². The van der Waals surface area contributed by atoms with E-state index in [1.165, 1.54) is 19.6 Å². The molecular weight excluding hydrogens is 552 g/mol. The molecule has 2 aromatic rings. The van der Waals surface area contributed by atoms with Crippen LogP contribution in [0.25, 0.3) is 11.3 Å². The van der Waals surface area contributed by atoms with E-state index in [-0.39, 0.29) is 34.1 Å². The lowest BCUT2D eigenvalue weighted by Gasteiger charge is -2.32. The second-order valence-corrected chi connectivity index (χ2v) is 13.2. The van der Waals surface area contributed by atoms with Crippen molar-refractivity contribution in [3.05, 3.63) is 23.0 Å². The van der Waals surface area contributed by atoms with E-state index in [0.717, 1.165) is 19.3 Å². The van der Waals surface area contributed by atoms with E-state index in [1.54, 1.807) is 10.7 Å². The highest BCUT2D eigenvalue weighted by atomic mass is 35.5. The van der Waals surface area contributed by atoms with E-state index in [4.69, 9.17) is 16.3 Å². The SMILES string of the molecule is CCn1nc(C(=O)NC[C@H]2CC[C@H](S(C)(=O)=O)CC2)c(Cl)c1-c1cnc(NC2CCCCC2(F)F)cc1OC. The lowest BCUT2D eigenvalue weighted by Crippen LogP contribution is -2.42. The van der Waals surface area contributed by atoms with Crippen LogP contribution in [0.3, 0.4) is 0 Å². The molecule has 1 amide bonds. The Labute approximate surface area is 233 Å². The van der Waals surface area contributed by atoms with Crippen LogP contribution in [0.15, 0.2) is 12.3 Å². The van der Waals surface area contributed by atoms with Crippen LogP contribution in [0.2, 0.25) is 5.02 Å². The molecule has 4 rings (SSSR count). The molecule has 216 valence electrons. The molecule has 2 fully saturated rings. The molecule has 0 spiro atoms. The number of aryl methyl sites for hydroxylation is 1. The maximum atomic E-state index is 14.3. The summed E-state index contributed by atoms with van der Waals surface area (Å²) in [6.07, 6.45) is 6.79. The van der Waals surface area contributed by atoms with Crippen molar-refractivity contribution in [2.24, 2.45) is 5.92 Å². The number of rotatable bonds is 9. The topological polar surface area (TPSA) is 115 Å². The Balaban J connectivity index is 1.49. The Bertz CT molecular complexity index is 1300. The average Bonchev–Trinajstić information content (AvgIpc) is 3.24. The van der Waals surface area contributed by atoms with Gasteiger partial charge in [-0.25, -0.2) is 22.2 Å². The van der Waals surface area contributed by atoms with E-state index in [1.807, 2.05) is 6.92 Å². The van der Waals surface area contributed by atoms with Crippen LogP contribution in [0.4, 0.5) is 14.6 Å². The van der Waals surface area contributed by atoms with Gasteiger partial charge in [-0.05, 0) is 51.4 Å².